The Morgan fingerprint density at radius 2 is 0.695 bits per heavy atom. The van der Waals surface area contributed by atoms with Crippen LogP contribution in [0.2, 0.25) is 0 Å². The zero-order chi connectivity index (χ0) is 39.0. The van der Waals surface area contributed by atoms with Crippen LogP contribution in [0.15, 0.2) is 194 Å². The van der Waals surface area contributed by atoms with Crippen molar-refractivity contribution in [2.75, 3.05) is 0 Å². The predicted molar refractivity (Wildman–Crippen MR) is 252 cm³/mol. The highest BCUT2D eigenvalue weighted by atomic mass is 14.4. The van der Waals surface area contributed by atoms with Crippen LogP contribution in [0.1, 0.15) is 25.0 Å². The zero-order valence-corrected chi connectivity index (χ0v) is 33.0. The second-order valence-corrected chi connectivity index (χ2v) is 17.2. The summed E-state index contributed by atoms with van der Waals surface area (Å²) in [5.74, 6) is 0. The van der Waals surface area contributed by atoms with Crippen molar-refractivity contribution in [2.45, 2.75) is 19.3 Å². The van der Waals surface area contributed by atoms with Crippen molar-refractivity contribution in [1.82, 2.24) is 0 Å². The van der Waals surface area contributed by atoms with Crippen LogP contribution < -0.4 is 0 Å². The molecule has 0 bridgehead atoms. The maximum absolute atomic E-state index is 2.58. The molecule has 2 aliphatic rings. The van der Waals surface area contributed by atoms with Gasteiger partial charge in [0.2, 0.25) is 0 Å². The van der Waals surface area contributed by atoms with Gasteiger partial charge in [-0.15, -0.1) is 0 Å². The first-order valence-corrected chi connectivity index (χ1v) is 20.8. The summed E-state index contributed by atoms with van der Waals surface area (Å²) in [5.41, 5.74) is 18.2. The van der Waals surface area contributed by atoms with Gasteiger partial charge in [0.1, 0.15) is 0 Å². The Bertz CT molecular complexity index is 3630. The molecule has 2 aliphatic carbocycles. The van der Waals surface area contributed by atoms with Gasteiger partial charge in [-0.2, -0.15) is 0 Å². The van der Waals surface area contributed by atoms with Crippen LogP contribution in [-0.2, 0) is 5.41 Å². The third-order valence-electron chi connectivity index (χ3n) is 13.7. The second kappa shape index (κ2) is 11.9. The summed E-state index contributed by atoms with van der Waals surface area (Å²) >= 11 is 0. The molecule has 0 saturated heterocycles. The van der Waals surface area contributed by atoms with Crippen molar-refractivity contribution in [3.63, 3.8) is 0 Å². The third-order valence-corrected chi connectivity index (χ3v) is 13.7. The lowest BCUT2D eigenvalue weighted by atomic mass is 9.78. The van der Waals surface area contributed by atoms with E-state index < -0.39 is 0 Å². The quantitative estimate of drug-likeness (QED) is 0.169. The minimum atomic E-state index is -0.211. The largest absolute Gasteiger partial charge is 0.0616 e. The SMILES string of the molecule is CC1(C)c2cc(-c3ccc4ccccc4c3)ccc2-c2cc3c(-c4ccc5ccccc5c4)c4c(c(-c5ccc6ccccc6c5)c3cc21)-c1cccc2cccc-4c12. The van der Waals surface area contributed by atoms with Crippen LogP contribution >= 0.6 is 0 Å². The van der Waals surface area contributed by atoms with Crippen molar-refractivity contribution in [3.05, 3.63) is 205 Å². The first-order chi connectivity index (χ1) is 29.0. The van der Waals surface area contributed by atoms with Gasteiger partial charge < -0.3 is 0 Å². The fourth-order valence-corrected chi connectivity index (χ4v) is 10.8. The van der Waals surface area contributed by atoms with Gasteiger partial charge >= 0.3 is 0 Å². The van der Waals surface area contributed by atoms with E-state index in [9.17, 15) is 0 Å². The van der Waals surface area contributed by atoms with Crippen LogP contribution in [0.3, 0.4) is 0 Å². The Labute approximate surface area is 343 Å². The van der Waals surface area contributed by atoms with E-state index in [0.717, 1.165) is 0 Å². The maximum atomic E-state index is 2.58. The summed E-state index contributed by atoms with van der Waals surface area (Å²) in [6.45, 7) is 4.86. The Hall–Kier alpha value is -7.28. The van der Waals surface area contributed by atoms with Crippen LogP contribution in [0, 0.1) is 0 Å². The third kappa shape index (κ3) is 4.60. The van der Waals surface area contributed by atoms with E-state index in [0.29, 0.717) is 0 Å². The van der Waals surface area contributed by atoms with Gasteiger partial charge in [-0.05, 0) is 168 Å². The molecule has 11 aromatic rings. The van der Waals surface area contributed by atoms with Crippen molar-refractivity contribution < 1.29 is 0 Å². The van der Waals surface area contributed by atoms with E-state index >= 15 is 0 Å². The minimum Gasteiger partial charge on any atom is -0.0616 e. The van der Waals surface area contributed by atoms with Gasteiger partial charge in [0.25, 0.3) is 0 Å². The Morgan fingerprint density at radius 1 is 0.271 bits per heavy atom. The highest BCUT2D eigenvalue weighted by Crippen LogP contribution is 2.60. The fraction of sp³-hybridized carbons (Fsp3) is 0.0508. The molecule has 13 rings (SSSR count). The Morgan fingerprint density at radius 3 is 1.25 bits per heavy atom. The first-order valence-electron chi connectivity index (χ1n) is 20.8. The van der Waals surface area contributed by atoms with Crippen LogP contribution in [0.25, 0.3) is 121 Å². The fourth-order valence-electron chi connectivity index (χ4n) is 10.8. The Balaban J connectivity index is 1.16. The smallest absolute Gasteiger partial charge is 0.0159 e. The molecule has 0 unspecified atom stereocenters. The molecule has 0 amide bonds. The number of hydrogen-bond acceptors (Lipinski definition) is 0. The van der Waals surface area contributed by atoms with E-state index in [4.69, 9.17) is 0 Å². The monoisotopic (exact) mass is 746 g/mol. The molecule has 0 atom stereocenters. The van der Waals surface area contributed by atoms with Gasteiger partial charge in [-0.1, -0.05) is 172 Å². The molecule has 0 spiro atoms. The van der Waals surface area contributed by atoms with Gasteiger partial charge in [0, 0.05) is 5.41 Å². The topological polar surface area (TPSA) is 0 Å². The average molecular weight is 747 g/mol. The highest BCUT2D eigenvalue weighted by Gasteiger charge is 2.38. The van der Waals surface area contributed by atoms with Gasteiger partial charge in [0.05, 0.1) is 0 Å². The van der Waals surface area contributed by atoms with Crippen molar-refractivity contribution in [2.24, 2.45) is 0 Å². The summed E-state index contributed by atoms with van der Waals surface area (Å²) < 4.78 is 0. The molecular weight excluding hydrogens is 709 g/mol. The van der Waals surface area contributed by atoms with Crippen LogP contribution in [-0.4, -0.2) is 0 Å². The summed E-state index contributed by atoms with van der Waals surface area (Å²) in [7, 11) is 0. The summed E-state index contributed by atoms with van der Waals surface area (Å²) in [6.07, 6.45) is 0. The number of hydrogen-bond donors (Lipinski definition) is 0. The molecule has 0 N–H and O–H groups in total. The van der Waals surface area contributed by atoms with E-state index in [1.807, 2.05) is 0 Å². The number of benzene rings is 11. The minimum absolute atomic E-state index is 0.211. The highest BCUT2D eigenvalue weighted by molar-refractivity contribution is 6.28. The number of fused-ring (bicyclic) bond motifs is 10. The Kier molecular flexibility index (Phi) is 6.60. The van der Waals surface area contributed by atoms with Crippen LogP contribution in [0.4, 0.5) is 0 Å². The maximum Gasteiger partial charge on any atom is 0.0159 e. The zero-order valence-electron chi connectivity index (χ0n) is 33.0. The van der Waals surface area contributed by atoms with E-state index in [2.05, 4.69) is 208 Å². The first kappa shape index (κ1) is 32.8. The molecule has 0 aliphatic heterocycles. The van der Waals surface area contributed by atoms with Gasteiger partial charge in [-0.3, -0.25) is 0 Å². The molecule has 274 valence electrons. The van der Waals surface area contributed by atoms with E-state index in [1.165, 1.54) is 132 Å². The predicted octanol–water partition coefficient (Wildman–Crippen LogP) is 16.4. The van der Waals surface area contributed by atoms with Crippen LogP contribution in [0.5, 0.6) is 0 Å². The molecule has 59 heavy (non-hydrogen) atoms. The van der Waals surface area contributed by atoms with Crippen molar-refractivity contribution in [3.8, 4) is 66.8 Å². The van der Waals surface area contributed by atoms with Gasteiger partial charge in [0.15, 0.2) is 0 Å². The standard InChI is InChI=1S/C59H38/c1-59(2)52-32-43(42-24-21-35-11-3-6-14-39(35)29-42)27-28-46(52)49-33-50-51(34-53(49)59)56(45-26-23-37-13-5-8-16-41(37)31-45)58-48-20-10-18-38-17-9-19-47(54(38)48)57(58)55(50)44-25-22-36-12-4-7-15-40(36)30-44/h3-34H,1-2H3. The summed E-state index contributed by atoms with van der Waals surface area (Å²) in [6, 6.07) is 73.4. The molecule has 11 aromatic carbocycles. The second-order valence-electron chi connectivity index (χ2n) is 17.2. The van der Waals surface area contributed by atoms with Crippen molar-refractivity contribution in [1.29, 1.82) is 0 Å². The lowest BCUT2D eigenvalue weighted by Crippen LogP contribution is -2.15. The molecular formula is C59H38. The van der Waals surface area contributed by atoms with E-state index in [-0.39, 0.29) is 5.41 Å². The molecule has 0 nitrogen and oxygen atoms in total. The summed E-state index contributed by atoms with van der Waals surface area (Å²) in [4.78, 5) is 0. The molecule has 0 aromatic heterocycles. The number of rotatable bonds is 3. The molecule has 0 radical (unpaired) electrons. The van der Waals surface area contributed by atoms with Crippen molar-refractivity contribution >= 4 is 53.9 Å². The molecule has 0 fully saturated rings. The lowest BCUT2D eigenvalue weighted by molar-refractivity contribution is 0.661. The molecule has 0 heterocycles. The van der Waals surface area contributed by atoms with Gasteiger partial charge in [-0.25, -0.2) is 0 Å². The summed E-state index contributed by atoms with van der Waals surface area (Å²) in [5, 5.41) is 12.8. The average Bonchev–Trinajstić information content (AvgIpc) is 3.72. The lowest BCUT2D eigenvalue weighted by Gasteiger charge is -2.25. The van der Waals surface area contributed by atoms with E-state index in [1.54, 1.807) is 0 Å². The normalized spacial score (nSPS) is 13.4. The molecule has 0 saturated carbocycles. The molecule has 0 heteroatoms.